The molecular formula is C24H20O4. The Labute approximate surface area is 164 Å². The first kappa shape index (κ1) is 19.1. The largest absolute Gasteiger partial charge is 0.497 e. The fourth-order valence-corrected chi connectivity index (χ4v) is 2.55. The highest BCUT2D eigenvalue weighted by atomic mass is 16.5. The molecule has 3 aromatic carbocycles. The summed E-state index contributed by atoms with van der Waals surface area (Å²) in [6.07, 6.45) is 3.26. The van der Waals surface area contributed by atoms with Crippen molar-refractivity contribution in [2.75, 3.05) is 7.11 Å². The van der Waals surface area contributed by atoms with Crippen LogP contribution in [0.25, 0.3) is 6.08 Å². The SMILES string of the molecule is COc1cccc(C(=O)Oc2ccc(C=CC(=O)c3ccc(C)cc3)cc2)c1. The van der Waals surface area contributed by atoms with E-state index >= 15 is 0 Å². The summed E-state index contributed by atoms with van der Waals surface area (Å²) in [5.41, 5.74) is 3.00. The summed E-state index contributed by atoms with van der Waals surface area (Å²) < 4.78 is 10.5. The molecule has 0 unspecified atom stereocenters. The zero-order valence-corrected chi connectivity index (χ0v) is 15.7. The monoisotopic (exact) mass is 372 g/mol. The van der Waals surface area contributed by atoms with Crippen molar-refractivity contribution in [2.45, 2.75) is 6.92 Å². The van der Waals surface area contributed by atoms with E-state index in [9.17, 15) is 9.59 Å². The number of rotatable bonds is 6. The van der Waals surface area contributed by atoms with E-state index < -0.39 is 5.97 Å². The molecule has 28 heavy (non-hydrogen) atoms. The van der Waals surface area contributed by atoms with E-state index in [0.29, 0.717) is 22.6 Å². The number of esters is 1. The summed E-state index contributed by atoms with van der Waals surface area (Å²) in [5.74, 6) is 0.494. The van der Waals surface area contributed by atoms with Gasteiger partial charge in [0.2, 0.25) is 0 Å². The Balaban J connectivity index is 1.63. The second kappa shape index (κ2) is 8.82. The highest BCUT2D eigenvalue weighted by Crippen LogP contribution is 2.18. The molecule has 0 aliphatic rings. The Morgan fingerprint density at radius 1 is 0.821 bits per heavy atom. The molecule has 0 bridgehead atoms. The van der Waals surface area contributed by atoms with Crippen LogP contribution in [0.2, 0.25) is 0 Å². The summed E-state index contributed by atoms with van der Waals surface area (Å²) in [4.78, 5) is 24.4. The van der Waals surface area contributed by atoms with Crippen LogP contribution < -0.4 is 9.47 Å². The van der Waals surface area contributed by atoms with Crippen LogP contribution in [-0.4, -0.2) is 18.9 Å². The molecule has 0 heterocycles. The third-order valence-electron chi connectivity index (χ3n) is 4.16. The Bertz CT molecular complexity index is 1000. The Morgan fingerprint density at radius 2 is 1.54 bits per heavy atom. The molecule has 0 spiro atoms. The van der Waals surface area contributed by atoms with Crippen molar-refractivity contribution in [1.29, 1.82) is 0 Å². The van der Waals surface area contributed by atoms with E-state index in [2.05, 4.69) is 0 Å². The molecule has 0 aliphatic heterocycles. The van der Waals surface area contributed by atoms with Gasteiger partial charge in [-0.1, -0.05) is 54.1 Å². The van der Waals surface area contributed by atoms with Gasteiger partial charge in [0.1, 0.15) is 11.5 Å². The molecule has 140 valence electrons. The molecule has 0 amide bonds. The number of aryl methyl sites for hydroxylation is 1. The predicted molar refractivity (Wildman–Crippen MR) is 109 cm³/mol. The van der Waals surface area contributed by atoms with Crippen LogP contribution in [0, 0.1) is 6.92 Å². The summed E-state index contributed by atoms with van der Waals surface area (Å²) in [6.45, 7) is 1.98. The van der Waals surface area contributed by atoms with E-state index in [1.54, 1.807) is 61.7 Å². The van der Waals surface area contributed by atoms with E-state index in [1.807, 2.05) is 31.2 Å². The van der Waals surface area contributed by atoms with Gasteiger partial charge < -0.3 is 9.47 Å². The summed E-state index contributed by atoms with van der Waals surface area (Å²) >= 11 is 0. The van der Waals surface area contributed by atoms with Gasteiger partial charge in [0.15, 0.2) is 5.78 Å². The Morgan fingerprint density at radius 3 is 2.21 bits per heavy atom. The van der Waals surface area contributed by atoms with Crippen LogP contribution in [0.3, 0.4) is 0 Å². The molecule has 0 radical (unpaired) electrons. The topological polar surface area (TPSA) is 52.6 Å². The van der Waals surface area contributed by atoms with Gasteiger partial charge in [0, 0.05) is 5.56 Å². The predicted octanol–water partition coefficient (Wildman–Crippen LogP) is 5.12. The number of benzene rings is 3. The van der Waals surface area contributed by atoms with Crippen molar-refractivity contribution >= 4 is 17.8 Å². The molecule has 3 aromatic rings. The highest BCUT2D eigenvalue weighted by Gasteiger charge is 2.09. The van der Waals surface area contributed by atoms with Crippen LogP contribution >= 0.6 is 0 Å². The van der Waals surface area contributed by atoms with Crippen molar-refractivity contribution in [3.05, 3.63) is 101 Å². The minimum atomic E-state index is -0.461. The van der Waals surface area contributed by atoms with Gasteiger partial charge in [-0.2, -0.15) is 0 Å². The molecule has 0 aliphatic carbocycles. The number of hydrogen-bond donors (Lipinski definition) is 0. The van der Waals surface area contributed by atoms with E-state index in [1.165, 1.54) is 6.08 Å². The lowest BCUT2D eigenvalue weighted by atomic mass is 10.1. The standard InChI is InChI=1S/C24H20O4/c1-17-6-11-19(12-7-17)23(25)15-10-18-8-13-21(14-9-18)28-24(26)20-4-3-5-22(16-20)27-2/h3-16H,1-2H3. The van der Waals surface area contributed by atoms with Crippen molar-refractivity contribution in [2.24, 2.45) is 0 Å². The van der Waals surface area contributed by atoms with Gasteiger partial charge in [-0.15, -0.1) is 0 Å². The van der Waals surface area contributed by atoms with Crippen LogP contribution in [-0.2, 0) is 0 Å². The van der Waals surface area contributed by atoms with Gasteiger partial charge in [-0.05, 0) is 48.9 Å². The summed E-state index contributed by atoms with van der Waals surface area (Å²) in [5, 5.41) is 0. The van der Waals surface area contributed by atoms with Crippen molar-refractivity contribution in [3.8, 4) is 11.5 Å². The third kappa shape index (κ3) is 4.95. The molecule has 3 rings (SSSR count). The molecule has 0 aromatic heterocycles. The second-order valence-electron chi connectivity index (χ2n) is 6.25. The molecule has 0 saturated carbocycles. The molecular weight excluding hydrogens is 352 g/mol. The number of ketones is 1. The summed E-state index contributed by atoms with van der Waals surface area (Å²) in [7, 11) is 1.54. The van der Waals surface area contributed by atoms with Crippen molar-refractivity contribution < 1.29 is 19.1 Å². The van der Waals surface area contributed by atoms with Gasteiger partial charge in [0.25, 0.3) is 0 Å². The number of hydrogen-bond acceptors (Lipinski definition) is 4. The second-order valence-corrected chi connectivity index (χ2v) is 6.25. The number of ether oxygens (including phenoxy) is 2. The smallest absolute Gasteiger partial charge is 0.343 e. The maximum absolute atomic E-state index is 12.2. The zero-order valence-electron chi connectivity index (χ0n) is 15.7. The quantitative estimate of drug-likeness (QED) is 0.261. The maximum atomic E-state index is 12.2. The highest BCUT2D eigenvalue weighted by molar-refractivity contribution is 6.06. The van der Waals surface area contributed by atoms with Crippen molar-refractivity contribution in [3.63, 3.8) is 0 Å². The molecule has 0 saturated heterocycles. The molecule has 4 heteroatoms. The fraction of sp³-hybridized carbons (Fsp3) is 0.0833. The number of carbonyl (C=O) groups is 2. The lowest BCUT2D eigenvalue weighted by Crippen LogP contribution is -2.08. The Hall–Kier alpha value is -3.66. The van der Waals surface area contributed by atoms with E-state index in [4.69, 9.17) is 9.47 Å². The van der Waals surface area contributed by atoms with Crippen LogP contribution in [0.5, 0.6) is 11.5 Å². The molecule has 0 atom stereocenters. The van der Waals surface area contributed by atoms with Gasteiger partial charge in [-0.25, -0.2) is 4.79 Å². The number of methoxy groups -OCH3 is 1. The van der Waals surface area contributed by atoms with E-state index in [0.717, 1.165) is 11.1 Å². The first-order valence-corrected chi connectivity index (χ1v) is 8.80. The zero-order chi connectivity index (χ0) is 19.9. The minimum Gasteiger partial charge on any atom is -0.497 e. The number of allylic oxidation sites excluding steroid dienone is 1. The minimum absolute atomic E-state index is 0.0615. The number of carbonyl (C=O) groups excluding carboxylic acids is 2. The van der Waals surface area contributed by atoms with Gasteiger partial charge in [-0.3, -0.25) is 4.79 Å². The third-order valence-corrected chi connectivity index (χ3v) is 4.16. The average molecular weight is 372 g/mol. The summed E-state index contributed by atoms with van der Waals surface area (Å²) in [6, 6.07) is 21.2. The average Bonchev–Trinajstić information content (AvgIpc) is 2.73. The van der Waals surface area contributed by atoms with Crippen LogP contribution in [0.4, 0.5) is 0 Å². The van der Waals surface area contributed by atoms with Gasteiger partial charge >= 0.3 is 5.97 Å². The first-order valence-electron chi connectivity index (χ1n) is 8.80. The van der Waals surface area contributed by atoms with Crippen LogP contribution in [0.1, 0.15) is 31.8 Å². The van der Waals surface area contributed by atoms with Crippen LogP contribution in [0.15, 0.2) is 78.9 Å². The fourth-order valence-electron chi connectivity index (χ4n) is 2.55. The maximum Gasteiger partial charge on any atom is 0.343 e. The van der Waals surface area contributed by atoms with E-state index in [-0.39, 0.29) is 5.78 Å². The first-order chi connectivity index (χ1) is 13.5. The Kier molecular flexibility index (Phi) is 6.02. The molecule has 4 nitrogen and oxygen atoms in total. The lowest BCUT2D eigenvalue weighted by molar-refractivity contribution is 0.0734. The lowest BCUT2D eigenvalue weighted by Gasteiger charge is -2.06. The van der Waals surface area contributed by atoms with Gasteiger partial charge in [0.05, 0.1) is 12.7 Å². The normalized spacial score (nSPS) is 10.6. The molecule has 0 N–H and O–H groups in total. The van der Waals surface area contributed by atoms with Crippen molar-refractivity contribution in [1.82, 2.24) is 0 Å². The molecule has 0 fully saturated rings.